The van der Waals surface area contributed by atoms with Gasteiger partial charge >= 0.3 is 0 Å². The van der Waals surface area contributed by atoms with Crippen LogP contribution in [-0.2, 0) is 0 Å². The SMILES string of the molecule is Cc1ccsc1C(C)Nc1ccc(Cl)cc1[N+](=O)[O-]. The summed E-state index contributed by atoms with van der Waals surface area (Å²) in [5.74, 6) is 0. The quantitative estimate of drug-likeness (QED) is 0.652. The molecule has 0 aliphatic carbocycles. The standard InChI is InChI=1S/C13H13ClN2O2S/c1-8-5-6-19-13(8)9(2)15-11-4-3-10(14)7-12(11)16(17)18/h3-7,9,15H,1-2H3. The van der Waals surface area contributed by atoms with E-state index in [-0.39, 0.29) is 11.7 Å². The second kappa shape index (κ2) is 5.59. The molecule has 0 aliphatic rings. The van der Waals surface area contributed by atoms with Crippen molar-refractivity contribution in [2.45, 2.75) is 19.9 Å². The number of hydrogen-bond donors (Lipinski definition) is 1. The highest BCUT2D eigenvalue weighted by atomic mass is 35.5. The first-order valence-electron chi connectivity index (χ1n) is 5.73. The number of aryl methyl sites for hydroxylation is 1. The predicted octanol–water partition coefficient (Wildman–Crippen LogP) is 4.79. The average molecular weight is 297 g/mol. The number of thiophene rings is 1. The molecule has 1 atom stereocenters. The second-order valence-electron chi connectivity index (χ2n) is 4.25. The Labute approximate surface area is 120 Å². The molecule has 0 bridgehead atoms. The van der Waals surface area contributed by atoms with E-state index in [9.17, 15) is 10.1 Å². The van der Waals surface area contributed by atoms with Gasteiger partial charge < -0.3 is 5.32 Å². The van der Waals surface area contributed by atoms with Gasteiger partial charge in [-0.25, -0.2) is 0 Å². The van der Waals surface area contributed by atoms with Gasteiger partial charge in [0.05, 0.1) is 11.0 Å². The molecule has 1 N–H and O–H groups in total. The minimum absolute atomic E-state index is 0.00596. The van der Waals surface area contributed by atoms with Gasteiger partial charge in [0.15, 0.2) is 0 Å². The van der Waals surface area contributed by atoms with Crippen molar-refractivity contribution in [1.82, 2.24) is 0 Å². The number of hydrogen-bond acceptors (Lipinski definition) is 4. The van der Waals surface area contributed by atoms with Crippen LogP contribution in [0.3, 0.4) is 0 Å². The van der Waals surface area contributed by atoms with Crippen molar-refractivity contribution in [1.29, 1.82) is 0 Å². The molecule has 1 unspecified atom stereocenters. The van der Waals surface area contributed by atoms with E-state index in [1.165, 1.54) is 16.5 Å². The zero-order chi connectivity index (χ0) is 14.0. The molecular weight excluding hydrogens is 284 g/mol. The molecule has 0 spiro atoms. The fourth-order valence-electron chi connectivity index (χ4n) is 1.90. The topological polar surface area (TPSA) is 55.2 Å². The van der Waals surface area contributed by atoms with Crippen LogP contribution in [0, 0.1) is 17.0 Å². The summed E-state index contributed by atoms with van der Waals surface area (Å²) in [5, 5.41) is 16.6. The Morgan fingerprint density at radius 1 is 1.42 bits per heavy atom. The Hall–Kier alpha value is -1.59. The molecule has 19 heavy (non-hydrogen) atoms. The maximum Gasteiger partial charge on any atom is 0.293 e. The molecule has 0 aliphatic heterocycles. The lowest BCUT2D eigenvalue weighted by Gasteiger charge is -2.15. The summed E-state index contributed by atoms with van der Waals surface area (Å²) in [6.07, 6.45) is 0. The van der Waals surface area contributed by atoms with Crippen molar-refractivity contribution in [3.8, 4) is 0 Å². The van der Waals surface area contributed by atoms with Gasteiger partial charge in [-0.15, -0.1) is 11.3 Å². The van der Waals surface area contributed by atoms with Crippen molar-refractivity contribution in [2.24, 2.45) is 0 Å². The first-order chi connectivity index (χ1) is 8.99. The molecule has 1 aromatic heterocycles. The van der Waals surface area contributed by atoms with Crippen LogP contribution < -0.4 is 5.32 Å². The monoisotopic (exact) mass is 296 g/mol. The summed E-state index contributed by atoms with van der Waals surface area (Å²) in [7, 11) is 0. The van der Waals surface area contributed by atoms with Crippen LogP contribution in [0.25, 0.3) is 0 Å². The molecule has 0 fully saturated rings. The van der Waals surface area contributed by atoms with Gasteiger partial charge in [0.25, 0.3) is 5.69 Å². The van der Waals surface area contributed by atoms with Crippen LogP contribution in [0.15, 0.2) is 29.6 Å². The molecule has 4 nitrogen and oxygen atoms in total. The highest BCUT2D eigenvalue weighted by molar-refractivity contribution is 7.10. The lowest BCUT2D eigenvalue weighted by atomic mass is 10.1. The summed E-state index contributed by atoms with van der Waals surface area (Å²) in [6, 6.07) is 6.69. The van der Waals surface area contributed by atoms with Crippen LogP contribution in [0.1, 0.15) is 23.4 Å². The number of benzene rings is 1. The van der Waals surface area contributed by atoms with Crippen LogP contribution in [0.5, 0.6) is 0 Å². The lowest BCUT2D eigenvalue weighted by Crippen LogP contribution is -2.07. The number of rotatable bonds is 4. The van der Waals surface area contributed by atoms with Crippen LogP contribution in [-0.4, -0.2) is 4.92 Å². The average Bonchev–Trinajstić information content (AvgIpc) is 2.77. The molecule has 6 heteroatoms. The summed E-state index contributed by atoms with van der Waals surface area (Å²) in [4.78, 5) is 11.8. The fraction of sp³-hybridized carbons (Fsp3) is 0.231. The van der Waals surface area contributed by atoms with E-state index < -0.39 is 4.92 Å². The third-order valence-electron chi connectivity index (χ3n) is 2.82. The van der Waals surface area contributed by atoms with Crippen LogP contribution in [0.2, 0.25) is 5.02 Å². The highest BCUT2D eigenvalue weighted by Gasteiger charge is 2.17. The highest BCUT2D eigenvalue weighted by Crippen LogP contribution is 2.32. The molecule has 2 aromatic rings. The number of nitro benzene ring substituents is 1. The Morgan fingerprint density at radius 3 is 2.74 bits per heavy atom. The molecule has 1 heterocycles. The van der Waals surface area contributed by atoms with Gasteiger partial charge in [0.2, 0.25) is 0 Å². The van der Waals surface area contributed by atoms with Crippen molar-refractivity contribution in [2.75, 3.05) is 5.32 Å². The van der Waals surface area contributed by atoms with Gasteiger partial charge in [-0.1, -0.05) is 11.6 Å². The smallest absolute Gasteiger partial charge is 0.293 e. The first kappa shape index (κ1) is 13.8. The maximum atomic E-state index is 11.0. The molecule has 1 aromatic carbocycles. The van der Waals surface area contributed by atoms with Crippen molar-refractivity contribution in [3.63, 3.8) is 0 Å². The van der Waals surface area contributed by atoms with E-state index in [1.807, 2.05) is 25.3 Å². The number of nitro groups is 1. The van der Waals surface area contributed by atoms with E-state index in [0.717, 1.165) is 0 Å². The Kier molecular flexibility index (Phi) is 4.07. The number of nitrogens with one attached hydrogen (secondary N) is 1. The van der Waals surface area contributed by atoms with E-state index in [1.54, 1.807) is 23.5 Å². The summed E-state index contributed by atoms with van der Waals surface area (Å²) < 4.78 is 0. The molecule has 100 valence electrons. The molecule has 0 radical (unpaired) electrons. The predicted molar refractivity (Wildman–Crippen MR) is 79.2 cm³/mol. The largest absolute Gasteiger partial charge is 0.372 e. The van der Waals surface area contributed by atoms with E-state index in [2.05, 4.69) is 5.32 Å². The van der Waals surface area contributed by atoms with Crippen molar-refractivity contribution in [3.05, 3.63) is 55.2 Å². The first-order valence-corrected chi connectivity index (χ1v) is 6.99. The van der Waals surface area contributed by atoms with Crippen molar-refractivity contribution >= 4 is 34.3 Å². The summed E-state index contributed by atoms with van der Waals surface area (Å²) in [5.41, 5.74) is 1.66. The number of anilines is 1. The minimum atomic E-state index is -0.428. The second-order valence-corrected chi connectivity index (χ2v) is 5.64. The molecule has 0 saturated heterocycles. The van der Waals surface area contributed by atoms with E-state index in [0.29, 0.717) is 10.7 Å². The van der Waals surface area contributed by atoms with Gasteiger partial charge in [0.1, 0.15) is 5.69 Å². The molecule has 0 saturated carbocycles. The van der Waals surface area contributed by atoms with Gasteiger partial charge in [0, 0.05) is 16.0 Å². The normalized spacial score (nSPS) is 12.2. The maximum absolute atomic E-state index is 11.0. The van der Waals surface area contributed by atoms with Gasteiger partial charge in [-0.3, -0.25) is 10.1 Å². The zero-order valence-corrected chi connectivity index (χ0v) is 12.1. The van der Waals surface area contributed by atoms with E-state index in [4.69, 9.17) is 11.6 Å². The zero-order valence-electron chi connectivity index (χ0n) is 10.5. The Bertz CT molecular complexity index is 612. The van der Waals surface area contributed by atoms with Crippen LogP contribution in [0.4, 0.5) is 11.4 Å². The fourth-order valence-corrected chi connectivity index (χ4v) is 3.01. The molecule has 0 amide bonds. The molecular formula is C13H13ClN2O2S. The molecule has 2 rings (SSSR count). The van der Waals surface area contributed by atoms with Crippen molar-refractivity contribution < 1.29 is 4.92 Å². The third kappa shape index (κ3) is 3.05. The van der Waals surface area contributed by atoms with Crippen LogP contribution >= 0.6 is 22.9 Å². The number of nitrogens with zero attached hydrogens (tertiary/aromatic N) is 1. The lowest BCUT2D eigenvalue weighted by molar-refractivity contribution is -0.384. The van der Waals surface area contributed by atoms with Gasteiger partial charge in [-0.2, -0.15) is 0 Å². The summed E-state index contributed by atoms with van der Waals surface area (Å²) >= 11 is 7.43. The van der Waals surface area contributed by atoms with Gasteiger partial charge in [-0.05, 0) is 43.0 Å². The van der Waals surface area contributed by atoms with E-state index >= 15 is 0 Å². The third-order valence-corrected chi connectivity index (χ3v) is 4.26. The summed E-state index contributed by atoms with van der Waals surface area (Å²) in [6.45, 7) is 4.01. The number of halogens is 1. The Balaban J connectivity index is 2.29. The minimum Gasteiger partial charge on any atom is -0.372 e. The Morgan fingerprint density at radius 2 is 2.16 bits per heavy atom.